The summed E-state index contributed by atoms with van der Waals surface area (Å²) >= 11 is 0. The molecular formula is C20H25N5O3. The topological polar surface area (TPSA) is 80.6 Å². The van der Waals surface area contributed by atoms with Gasteiger partial charge in [-0.05, 0) is 31.9 Å². The van der Waals surface area contributed by atoms with E-state index in [2.05, 4.69) is 10.1 Å². The second-order valence-electron chi connectivity index (χ2n) is 7.32. The SMILES string of the molecule is CCN1C(=O)C[C@H](C(=O)N2CCc3ccc(OC)nc32)[C@H]1c1cnn(C)c1C. The fraction of sp³-hybridized carbons (Fsp3) is 0.500. The number of fused-ring (bicyclic) bond motifs is 1. The first-order chi connectivity index (χ1) is 13.5. The van der Waals surface area contributed by atoms with Crippen molar-refractivity contribution in [1.82, 2.24) is 19.7 Å². The van der Waals surface area contributed by atoms with Crippen LogP contribution in [0.25, 0.3) is 0 Å². The van der Waals surface area contributed by atoms with Gasteiger partial charge in [0, 0.05) is 43.9 Å². The summed E-state index contributed by atoms with van der Waals surface area (Å²) in [5.74, 6) is 0.627. The van der Waals surface area contributed by atoms with E-state index in [1.165, 1.54) is 0 Å². The molecule has 2 aliphatic rings. The molecule has 0 N–H and O–H groups in total. The second-order valence-corrected chi connectivity index (χ2v) is 7.32. The summed E-state index contributed by atoms with van der Waals surface area (Å²) in [5.41, 5.74) is 2.93. The van der Waals surface area contributed by atoms with Gasteiger partial charge in [-0.3, -0.25) is 19.2 Å². The van der Waals surface area contributed by atoms with Crippen LogP contribution in [0.1, 0.15) is 36.2 Å². The largest absolute Gasteiger partial charge is 0.481 e. The molecule has 28 heavy (non-hydrogen) atoms. The number of nitrogens with zero attached hydrogens (tertiary/aromatic N) is 5. The fourth-order valence-corrected chi connectivity index (χ4v) is 4.33. The van der Waals surface area contributed by atoms with Crippen LogP contribution in [0.2, 0.25) is 0 Å². The van der Waals surface area contributed by atoms with Crippen molar-refractivity contribution in [3.63, 3.8) is 0 Å². The van der Waals surface area contributed by atoms with Crippen molar-refractivity contribution in [2.45, 2.75) is 32.7 Å². The van der Waals surface area contributed by atoms with Crippen LogP contribution in [-0.4, -0.2) is 51.7 Å². The van der Waals surface area contributed by atoms with Crippen LogP contribution in [0, 0.1) is 12.8 Å². The van der Waals surface area contributed by atoms with Crippen LogP contribution in [0.3, 0.4) is 0 Å². The summed E-state index contributed by atoms with van der Waals surface area (Å²) in [4.78, 5) is 34.2. The zero-order valence-electron chi connectivity index (χ0n) is 16.7. The normalized spacial score (nSPS) is 21.4. The Hall–Kier alpha value is -2.90. The minimum Gasteiger partial charge on any atom is -0.481 e. The van der Waals surface area contributed by atoms with Gasteiger partial charge in [-0.1, -0.05) is 0 Å². The highest BCUT2D eigenvalue weighted by Gasteiger charge is 2.47. The van der Waals surface area contributed by atoms with Crippen LogP contribution in [0.15, 0.2) is 18.3 Å². The molecule has 0 spiro atoms. The molecule has 2 amide bonds. The van der Waals surface area contributed by atoms with E-state index in [-0.39, 0.29) is 24.3 Å². The molecule has 2 aromatic rings. The Bertz CT molecular complexity index is 938. The predicted molar refractivity (Wildman–Crippen MR) is 103 cm³/mol. The molecule has 8 heteroatoms. The van der Waals surface area contributed by atoms with Gasteiger partial charge in [0.1, 0.15) is 5.82 Å². The maximum absolute atomic E-state index is 13.6. The highest BCUT2D eigenvalue weighted by molar-refractivity contribution is 6.00. The number of pyridine rings is 1. The number of aromatic nitrogens is 3. The van der Waals surface area contributed by atoms with Crippen molar-refractivity contribution >= 4 is 17.6 Å². The molecule has 0 radical (unpaired) electrons. The predicted octanol–water partition coefficient (Wildman–Crippen LogP) is 1.63. The zero-order valence-corrected chi connectivity index (χ0v) is 16.7. The average molecular weight is 383 g/mol. The van der Waals surface area contributed by atoms with Crippen molar-refractivity contribution in [2.75, 3.05) is 25.1 Å². The molecule has 0 aliphatic carbocycles. The number of hydrogen-bond acceptors (Lipinski definition) is 5. The Balaban J connectivity index is 1.71. The van der Waals surface area contributed by atoms with Crippen LogP contribution in [0.4, 0.5) is 5.82 Å². The molecule has 0 bridgehead atoms. The molecule has 4 heterocycles. The number of aryl methyl sites for hydroxylation is 1. The standard InChI is InChI=1S/C20H25N5O3/c1-5-24-17(26)10-14(18(24)15-11-21-23(3)12(15)2)20(27)25-9-8-13-6-7-16(28-4)22-19(13)25/h6-7,11,14,18H,5,8-10H2,1-4H3/t14-,18-/m0/s1. The number of carbonyl (C=O) groups excluding carboxylic acids is 2. The molecular weight excluding hydrogens is 358 g/mol. The van der Waals surface area contributed by atoms with E-state index in [0.29, 0.717) is 24.8 Å². The number of ether oxygens (including phenoxy) is 1. The van der Waals surface area contributed by atoms with Crippen LogP contribution in [0.5, 0.6) is 5.88 Å². The maximum atomic E-state index is 13.6. The minimum atomic E-state index is -0.450. The Labute approximate surface area is 164 Å². The summed E-state index contributed by atoms with van der Waals surface area (Å²) in [5, 5.41) is 4.33. The zero-order chi connectivity index (χ0) is 20.0. The number of hydrogen-bond donors (Lipinski definition) is 0. The van der Waals surface area contributed by atoms with Crippen molar-refractivity contribution in [1.29, 1.82) is 0 Å². The molecule has 1 saturated heterocycles. The third-order valence-electron chi connectivity index (χ3n) is 5.95. The Kier molecular flexibility index (Phi) is 4.56. The highest BCUT2D eigenvalue weighted by atomic mass is 16.5. The molecule has 2 atom stereocenters. The van der Waals surface area contributed by atoms with Gasteiger partial charge < -0.3 is 9.64 Å². The number of methoxy groups -OCH3 is 1. The molecule has 148 valence electrons. The van der Waals surface area contributed by atoms with Gasteiger partial charge in [0.2, 0.25) is 17.7 Å². The van der Waals surface area contributed by atoms with Gasteiger partial charge in [0.05, 0.1) is 25.3 Å². The van der Waals surface area contributed by atoms with Gasteiger partial charge in [0.15, 0.2) is 0 Å². The lowest BCUT2D eigenvalue weighted by Crippen LogP contribution is -2.38. The van der Waals surface area contributed by atoms with Crippen molar-refractivity contribution in [3.8, 4) is 5.88 Å². The molecule has 0 saturated carbocycles. The lowest BCUT2D eigenvalue weighted by atomic mass is 9.92. The molecule has 2 aromatic heterocycles. The third-order valence-corrected chi connectivity index (χ3v) is 5.95. The Morgan fingerprint density at radius 1 is 1.36 bits per heavy atom. The van der Waals surface area contributed by atoms with Crippen LogP contribution >= 0.6 is 0 Å². The number of likely N-dealkylation sites (tertiary alicyclic amines) is 1. The van der Waals surface area contributed by atoms with Gasteiger partial charge >= 0.3 is 0 Å². The van der Waals surface area contributed by atoms with Crippen molar-refractivity contribution < 1.29 is 14.3 Å². The first-order valence-electron chi connectivity index (χ1n) is 9.59. The lowest BCUT2D eigenvalue weighted by molar-refractivity contribution is -0.129. The van der Waals surface area contributed by atoms with Crippen molar-refractivity contribution in [3.05, 3.63) is 35.2 Å². The van der Waals surface area contributed by atoms with Gasteiger partial charge in [-0.2, -0.15) is 10.1 Å². The first-order valence-corrected chi connectivity index (χ1v) is 9.59. The smallest absolute Gasteiger partial charge is 0.234 e. The van der Waals surface area contributed by atoms with E-state index in [9.17, 15) is 9.59 Å². The van der Waals surface area contributed by atoms with Crippen molar-refractivity contribution in [2.24, 2.45) is 13.0 Å². The number of anilines is 1. The van der Waals surface area contributed by atoms with E-state index in [1.807, 2.05) is 33.0 Å². The molecule has 1 fully saturated rings. The monoisotopic (exact) mass is 383 g/mol. The molecule has 8 nitrogen and oxygen atoms in total. The van der Waals surface area contributed by atoms with Gasteiger partial charge in [-0.25, -0.2) is 0 Å². The van der Waals surface area contributed by atoms with Gasteiger partial charge in [-0.15, -0.1) is 0 Å². The van der Waals surface area contributed by atoms with Gasteiger partial charge in [0.25, 0.3) is 0 Å². The summed E-state index contributed by atoms with van der Waals surface area (Å²) in [6.45, 7) is 5.05. The maximum Gasteiger partial charge on any atom is 0.234 e. The summed E-state index contributed by atoms with van der Waals surface area (Å²) in [6.07, 6.45) is 2.75. The second kappa shape index (κ2) is 6.92. The van der Waals surface area contributed by atoms with E-state index in [0.717, 1.165) is 23.2 Å². The highest BCUT2D eigenvalue weighted by Crippen LogP contribution is 2.41. The summed E-state index contributed by atoms with van der Waals surface area (Å²) in [7, 11) is 3.43. The van der Waals surface area contributed by atoms with Crippen LogP contribution < -0.4 is 9.64 Å². The quantitative estimate of drug-likeness (QED) is 0.802. The number of carbonyl (C=O) groups is 2. The number of amides is 2. The average Bonchev–Trinajstić information content (AvgIpc) is 3.36. The summed E-state index contributed by atoms with van der Waals surface area (Å²) < 4.78 is 7.01. The molecule has 0 aromatic carbocycles. The minimum absolute atomic E-state index is 0.00660. The Morgan fingerprint density at radius 3 is 2.79 bits per heavy atom. The Morgan fingerprint density at radius 2 is 2.14 bits per heavy atom. The van der Waals surface area contributed by atoms with E-state index >= 15 is 0 Å². The first kappa shape index (κ1) is 18.5. The van der Waals surface area contributed by atoms with E-state index < -0.39 is 5.92 Å². The van der Waals surface area contributed by atoms with E-state index in [4.69, 9.17) is 4.74 Å². The molecule has 4 rings (SSSR count). The number of rotatable bonds is 4. The van der Waals surface area contributed by atoms with E-state index in [1.54, 1.807) is 27.8 Å². The molecule has 2 aliphatic heterocycles. The van der Waals surface area contributed by atoms with Crippen LogP contribution in [-0.2, 0) is 23.1 Å². The fourth-order valence-electron chi connectivity index (χ4n) is 4.33. The third kappa shape index (κ3) is 2.75. The summed E-state index contributed by atoms with van der Waals surface area (Å²) in [6, 6.07) is 3.47. The lowest BCUT2D eigenvalue weighted by Gasteiger charge is -2.29. The molecule has 0 unspecified atom stereocenters.